The van der Waals surface area contributed by atoms with Crippen molar-refractivity contribution >= 4 is 11.8 Å². The SMILES string of the molecule is CCCCCCCCNc1ccnc(N(C)C)n1. The molecule has 0 amide bonds. The molecule has 1 aromatic heterocycles. The van der Waals surface area contributed by atoms with Crippen molar-refractivity contribution in [2.24, 2.45) is 0 Å². The Hall–Kier alpha value is -1.32. The summed E-state index contributed by atoms with van der Waals surface area (Å²) in [5.74, 6) is 1.67. The summed E-state index contributed by atoms with van der Waals surface area (Å²) in [7, 11) is 3.90. The van der Waals surface area contributed by atoms with Crippen LogP contribution in [0.25, 0.3) is 0 Å². The lowest BCUT2D eigenvalue weighted by molar-refractivity contribution is 0.617. The summed E-state index contributed by atoms with van der Waals surface area (Å²) < 4.78 is 0. The van der Waals surface area contributed by atoms with Crippen LogP contribution in [0.2, 0.25) is 0 Å². The molecule has 0 aliphatic rings. The normalized spacial score (nSPS) is 10.4. The van der Waals surface area contributed by atoms with Crippen molar-refractivity contribution in [1.82, 2.24) is 9.97 Å². The zero-order chi connectivity index (χ0) is 13.2. The monoisotopic (exact) mass is 250 g/mol. The molecule has 0 fully saturated rings. The van der Waals surface area contributed by atoms with Crippen molar-refractivity contribution < 1.29 is 0 Å². The highest BCUT2D eigenvalue weighted by molar-refractivity contribution is 5.40. The molecule has 102 valence electrons. The molecule has 0 bridgehead atoms. The van der Waals surface area contributed by atoms with Crippen LogP contribution in [0.1, 0.15) is 45.4 Å². The van der Waals surface area contributed by atoms with Crippen LogP contribution in [0.15, 0.2) is 12.3 Å². The molecule has 0 saturated carbocycles. The Morgan fingerprint density at radius 3 is 2.56 bits per heavy atom. The van der Waals surface area contributed by atoms with Gasteiger partial charge in [0.1, 0.15) is 5.82 Å². The van der Waals surface area contributed by atoms with E-state index in [9.17, 15) is 0 Å². The van der Waals surface area contributed by atoms with Crippen LogP contribution in [0.4, 0.5) is 11.8 Å². The third-order valence-electron chi connectivity index (χ3n) is 2.88. The van der Waals surface area contributed by atoms with Crippen molar-refractivity contribution in [3.63, 3.8) is 0 Å². The average molecular weight is 250 g/mol. The van der Waals surface area contributed by atoms with Crippen LogP contribution >= 0.6 is 0 Å². The van der Waals surface area contributed by atoms with Gasteiger partial charge in [-0.2, -0.15) is 4.98 Å². The summed E-state index contributed by atoms with van der Waals surface area (Å²) in [5, 5.41) is 3.35. The molecule has 1 heterocycles. The van der Waals surface area contributed by atoms with Crippen LogP contribution in [0.3, 0.4) is 0 Å². The number of nitrogens with zero attached hydrogens (tertiary/aromatic N) is 3. The third kappa shape index (κ3) is 5.84. The van der Waals surface area contributed by atoms with E-state index in [4.69, 9.17) is 0 Å². The molecule has 0 spiro atoms. The fourth-order valence-corrected chi connectivity index (χ4v) is 1.78. The maximum absolute atomic E-state index is 4.42. The molecule has 0 aliphatic carbocycles. The van der Waals surface area contributed by atoms with Crippen LogP contribution < -0.4 is 10.2 Å². The summed E-state index contributed by atoms with van der Waals surface area (Å²) in [6.45, 7) is 3.25. The van der Waals surface area contributed by atoms with Crippen molar-refractivity contribution in [2.45, 2.75) is 45.4 Å². The first-order valence-corrected chi connectivity index (χ1v) is 6.98. The van der Waals surface area contributed by atoms with Gasteiger partial charge in [0.05, 0.1) is 0 Å². The van der Waals surface area contributed by atoms with Gasteiger partial charge in [0.25, 0.3) is 0 Å². The molecule has 0 saturated heterocycles. The fraction of sp³-hybridized carbons (Fsp3) is 0.714. The van der Waals surface area contributed by atoms with E-state index in [1.54, 1.807) is 6.20 Å². The second-order valence-corrected chi connectivity index (χ2v) is 4.83. The van der Waals surface area contributed by atoms with Gasteiger partial charge in [0.15, 0.2) is 0 Å². The Morgan fingerprint density at radius 1 is 1.11 bits per heavy atom. The van der Waals surface area contributed by atoms with Gasteiger partial charge in [-0.25, -0.2) is 4.98 Å². The summed E-state index contributed by atoms with van der Waals surface area (Å²) in [5.41, 5.74) is 0. The first-order valence-electron chi connectivity index (χ1n) is 6.98. The standard InChI is InChI=1S/C14H26N4/c1-4-5-6-7-8-9-11-15-13-10-12-16-14(17-13)18(2)3/h10,12H,4-9,11H2,1-3H3,(H,15,16,17). The highest BCUT2D eigenvalue weighted by Gasteiger charge is 2.00. The molecule has 0 unspecified atom stereocenters. The molecule has 0 aliphatic heterocycles. The van der Waals surface area contributed by atoms with E-state index >= 15 is 0 Å². The maximum Gasteiger partial charge on any atom is 0.226 e. The molecule has 1 rings (SSSR count). The Morgan fingerprint density at radius 2 is 1.83 bits per heavy atom. The van der Waals surface area contributed by atoms with Gasteiger partial charge in [-0.15, -0.1) is 0 Å². The number of nitrogens with one attached hydrogen (secondary N) is 1. The van der Waals surface area contributed by atoms with E-state index in [-0.39, 0.29) is 0 Å². The highest BCUT2D eigenvalue weighted by atomic mass is 15.2. The first kappa shape index (κ1) is 14.7. The third-order valence-corrected chi connectivity index (χ3v) is 2.88. The van der Waals surface area contributed by atoms with Crippen molar-refractivity contribution in [3.8, 4) is 0 Å². The zero-order valence-electron chi connectivity index (χ0n) is 11.9. The molecule has 4 heteroatoms. The van der Waals surface area contributed by atoms with E-state index in [2.05, 4.69) is 22.2 Å². The van der Waals surface area contributed by atoms with Gasteiger partial charge in [0.2, 0.25) is 5.95 Å². The van der Waals surface area contributed by atoms with Gasteiger partial charge < -0.3 is 10.2 Å². The molecular formula is C14H26N4. The second kappa shape index (κ2) is 8.72. The smallest absolute Gasteiger partial charge is 0.226 e. The highest BCUT2D eigenvalue weighted by Crippen LogP contribution is 2.09. The molecular weight excluding hydrogens is 224 g/mol. The fourth-order valence-electron chi connectivity index (χ4n) is 1.78. The van der Waals surface area contributed by atoms with Gasteiger partial charge in [-0.3, -0.25) is 0 Å². The van der Waals surface area contributed by atoms with E-state index in [1.165, 1.54) is 38.5 Å². The van der Waals surface area contributed by atoms with Crippen LogP contribution in [-0.4, -0.2) is 30.6 Å². The molecule has 18 heavy (non-hydrogen) atoms. The number of anilines is 2. The summed E-state index contributed by atoms with van der Waals surface area (Å²) >= 11 is 0. The Balaban J connectivity index is 2.17. The van der Waals surface area contributed by atoms with Crippen molar-refractivity contribution in [3.05, 3.63) is 12.3 Å². The molecule has 1 N–H and O–H groups in total. The number of aromatic nitrogens is 2. The zero-order valence-corrected chi connectivity index (χ0v) is 11.9. The van der Waals surface area contributed by atoms with Crippen LogP contribution in [0.5, 0.6) is 0 Å². The van der Waals surface area contributed by atoms with E-state index in [0.717, 1.165) is 18.3 Å². The second-order valence-electron chi connectivity index (χ2n) is 4.83. The van der Waals surface area contributed by atoms with Gasteiger partial charge in [-0.1, -0.05) is 39.0 Å². The van der Waals surface area contributed by atoms with Crippen LogP contribution in [0, 0.1) is 0 Å². The number of unbranched alkanes of at least 4 members (excludes halogenated alkanes) is 5. The predicted octanol–water partition coefficient (Wildman–Crippen LogP) is 3.32. The molecule has 0 atom stereocenters. The maximum atomic E-state index is 4.42. The Kier molecular flexibility index (Phi) is 7.14. The van der Waals surface area contributed by atoms with Gasteiger partial charge in [0, 0.05) is 26.8 Å². The lowest BCUT2D eigenvalue weighted by Crippen LogP contribution is -2.13. The minimum absolute atomic E-state index is 0.753. The lowest BCUT2D eigenvalue weighted by Gasteiger charge is -2.11. The van der Waals surface area contributed by atoms with Gasteiger partial charge in [-0.05, 0) is 12.5 Å². The van der Waals surface area contributed by atoms with E-state index in [1.807, 2.05) is 25.1 Å². The van der Waals surface area contributed by atoms with E-state index < -0.39 is 0 Å². The lowest BCUT2D eigenvalue weighted by atomic mass is 10.1. The number of rotatable bonds is 9. The Bertz CT molecular complexity index is 325. The van der Waals surface area contributed by atoms with Gasteiger partial charge >= 0.3 is 0 Å². The molecule has 0 aromatic carbocycles. The number of hydrogen-bond acceptors (Lipinski definition) is 4. The Labute approximate surface area is 111 Å². The minimum Gasteiger partial charge on any atom is -0.370 e. The topological polar surface area (TPSA) is 41.1 Å². The van der Waals surface area contributed by atoms with Crippen molar-refractivity contribution in [2.75, 3.05) is 30.9 Å². The molecule has 4 nitrogen and oxygen atoms in total. The van der Waals surface area contributed by atoms with E-state index in [0.29, 0.717) is 0 Å². The summed E-state index contributed by atoms with van der Waals surface area (Å²) in [6.07, 6.45) is 9.71. The minimum atomic E-state index is 0.753. The summed E-state index contributed by atoms with van der Waals surface area (Å²) in [4.78, 5) is 10.5. The van der Waals surface area contributed by atoms with Crippen LogP contribution in [-0.2, 0) is 0 Å². The predicted molar refractivity (Wildman–Crippen MR) is 78.2 cm³/mol. The largest absolute Gasteiger partial charge is 0.370 e. The summed E-state index contributed by atoms with van der Waals surface area (Å²) in [6, 6.07) is 1.92. The van der Waals surface area contributed by atoms with Crippen molar-refractivity contribution in [1.29, 1.82) is 0 Å². The quantitative estimate of drug-likeness (QED) is 0.683. The molecule has 0 radical (unpaired) electrons. The molecule has 1 aromatic rings. The first-order chi connectivity index (χ1) is 8.74. The number of hydrogen-bond donors (Lipinski definition) is 1. The average Bonchev–Trinajstić information content (AvgIpc) is 2.38.